The Morgan fingerprint density at radius 2 is 1.96 bits per heavy atom. The molecule has 3 aromatic rings. The van der Waals surface area contributed by atoms with Crippen LogP contribution in [0.15, 0.2) is 48.1 Å². The molecule has 2 heterocycles. The molecule has 0 atom stereocenters. The number of pyridine rings is 1. The van der Waals surface area contributed by atoms with Crippen molar-refractivity contribution in [1.82, 2.24) is 9.97 Å². The first-order valence-electron chi connectivity index (χ1n) is 7.56. The standard InChI is InChI=1S/C18H17N3O3S/c1-23-14-4-3-13(16(10-14)24-2)9-17(22)21-18-20-15(11-25-18)12-5-7-19-8-6-12/h3-8,10-11H,9H2,1-2H3,(H,20,21,22). The minimum Gasteiger partial charge on any atom is -0.497 e. The lowest BCUT2D eigenvalue weighted by molar-refractivity contribution is -0.115. The third kappa shape index (κ3) is 4.13. The lowest BCUT2D eigenvalue weighted by Crippen LogP contribution is -2.14. The summed E-state index contributed by atoms with van der Waals surface area (Å²) in [4.78, 5) is 20.7. The number of amides is 1. The average Bonchev–Trinajstić information content (AvgIpc) is 3.11. The smallest absolute Gasteiger partial charge is 0.230 e. The number of carbonyl (C=O) groups excluding carboxylic acids is 1. The summed E-state index contributed by atoms with van der Waals surface area (Å²) in [6.07, 6.45) is 3.61. The Kier molecular flexibility index (Phi) is 5.25. The molecule has 2 aromatic heterocycles. The molecule has 0 aliphatic rings. The van der Waals surface area contributed by atoms with Crippen LogP contribution >= 0.6 is 11.3 Å². The number of ether oxygens (including phenoxy) is 2. The first-order chi connectivity index (χ1) is 12.2. The van der Waals surface area contributed by atoms with Crippen LogP contribution in [0, 0.1) is 0 Å². The number of methoxy groups -OCH3 is 2. The van der Waals surface area contributed by atoms with E-state index in [0.717, 1.165) is 16.8 Å². The van der Waals surface area contributed by atoms with Gasteiger partial charge in [-0.3, -0.25) is 9.78 Å². The van der Waals surface area contributed by atoms with Crippen molar-refractivity contribution in [3.63, 3.8) is 0 Å². The molecule has 0 unspecified atom stereocenters. The largest absolute Gasteiger partial charge is 0.497 e. The summed E-state index contributed by atoms with van der Waals surface area (Å²) in [6.45, 7) is 0. The fourth-order valence-electron chi connectivity index (χ4n) is 2.32. The second kappa shape index (κ2) is 7.76. The maximum Gasteiger partial charge on any atom is 0.230 e. The Balaban J connectivity index is 1.68. The van der Waals surface area contributed by atoms with Crippen molar-refractivity contribution < 1.29 is 14.3 Å². The highest BCUT2D eigenvalue weighted by Gasteiger charge is 2.12. The molecule has 0 spiro atoms. The molecule has 0 radical (unpaired) electrons. The number of benzene rings is 1. The van der Waals surface area contributed by atoms with Gasteiger partial charge < -0.3 is 14.8 Å². The number of hydrogen-bond donors (Lipinski definition) is 1. The van der Waals surface area contributed by atoms with Crippen molar-refractivity contribution in [3.05, 3.63) is 53.7 Å². The zero-order valence-corrected chi connectivity index (χ0v) is 14.7. The van der Waals surface area contributed by atoms with Crippen LogP contribution in [0.3, 0.4) is 0 Å². The third-order valence-electron chi connectivity index (χ3n) is 3.57. The Labute approximate surface area is 149 Å². The van der Waals surface area contributed by atoms with Crippen molar-refractivity contribution in [2.45, 2.75) is 6.42 Å². The quantitative estimate of drug-likeness (QED) is 0.733. The first-order valence-corrected chi connectivity index (χ1v) is 8.44. The molecular weight excluding hydrogens is 338 g/mol. The number of hydrogen-bond acceptors (Lipinski definition) is 6. The van der Waals surface area contributed by atoms with Crippen molar-refractivity contribution in [3.8, 4) is 22.8 Å². The number of aromatic nitrogens is 2. The number of nitrogens with zero attached hydrogens (tertiary/aromatic N) is 2. The average molecular weight is 355 g/mol. The Morgan fingerprint density at radius 1 is 1.16 bits per heavy atom. The summed E-state index contributed by atoms with van der Waals surface area (Å²) in [6, 6.07) is 9.14. The number of carbonyl (C=O) groups is 1. The van der Waals surface area contributed by atoms with Crippen molar-refractivity contribution in [2.75, 3.05) is 19.5 Å². The molecule has 1 N–H and O–H groups in total. The lowest BCUT2D eigenvalue weighted by Gasteiger charge is -2.10. The van der Waals surface area contributed by atoms with Crippen LogP contribution in [-0.2, 0) is 11.2 Å². The van der Waals surface area contributed by atoms with E-state index in [0.29, 0.717) is 16.6 Å². The summed E-state index contributed by atoms with van der Waals surface area (Å²) in [5.41, 5.74) is 2.56. The van der Waals surface area contributed by atoms with Crippen LogP contribution in [0.25, 0.3) is 11.3 Å². The van der Waals surface area contributed by atoms with E-state index >= 15 is 0 Å². The molecule has 7 heteroatoms. The van der Waals surface area contributed by atoms with Crippen LogP contribution in [-0.4, -0.2) is 30.1 Å². The summed E-state index contributed by atoms with van der Waals surface area (Å²) < 4.78 is 10.5. The second-order valence-electron chi connectivity index (χ2n) is 5.18. The molecule has 0 saturated heterocycles. The monoisotopic (exact) mass is 355 g/mol. The maximum absolute atomic E-state index is 12.3. The fraction of sp³-hybridized carbons (Fsp3) is 0.167. The molecule has 0 bridgehead atoms. The van der Waals surface area contributed by atoms with Gasteiger partial charge in [-0.25, -0.2) is 4.98 Å². The topological polar surface area (TPSA) is 73.3 Å². The molecule has 6 nitrogen and oxygen atoms in total. The highest BCUT2D eigenvalue weighted by atomic mass is 32.1. The van der Waals surface area contributed by atoms with Crippen LogP contribution in [0.1, 0.15) is 5.56 Å². The van der Waals surface area contributed by atoms with Gasteiger partial charge in [0.25, 0.3) is 0 Å². The summed E-state index contributed by atoms with van der Waals surface area (Å²) in [5.74, 6) is 1.15. The summed E-state index contributed by atoms with van der Waals surface area (Å²) in [7, 11) is 3.15. The normalized spacial score (nSPS) is 10.3. The van der Waals surface area contributed by atoms with E-state index < -0.39 is 0 Å². The van der Waals surface area contributed by atoms with Crippen molar-refractivity contribution in [2.24, 2.45) is 0 Å². The van der Waals surface area contributed by atoms with E-state index in [1.807, 2.05) is 23.6 Å². The van der Waals surface area contributed by atoms with Crippen molar-refractivity contribution >= 4 is 22.4 Å². The molecule has 1 amide bonds. The van der Waals surface area contributed by atoms with E-state index in [1.54, 1.807) is 38.7 Å². The first kappa shape index (κ1) is 16.9. The van der Waals surface area contributed by atoms with Crippen LogP contribution in [0.4, 0.5) is 5.13 Å². The van der Waals surface area contributed by atoms with Gasteiger partial charge in [0, 0.05) is 35.0 Å². The van der Waals surface area contributed by atoms with Gasteiger partial charge in [-0.2, -0.15) is 0 Å². The fourth-order valence-corrected chi connectivity index (χ4v) is 3.06. The third-order valence-corrected chi connectivity index (χ3v) is 4.33. The van der Waals surface area contributed by atoms with Gasteiger partial charge in [0.15, 0.2) is 5.13 Å². The van der Waals surface area contributed by atoms with Gasteiger partial charge in [0.2, 0.25) is 5.91 Å². The molecule has 1 aromatic carbocycles. The minimum absolute atomic E-state index is 0.154. The summed E-state index contributed by atoms with van der Waals surface area (Å²) >= 11 is 1.38. The van der Waals surface area contributed by atoms with E-state index in [9.17, 15) is 4.79 Å². The van der Waals surface area contributed by atoms with E-state index in [1.165, 1.54) is 11.3 Å². The van der Waals surface area contributed by atoms with Crippen LogP contribution < -0.4 is 14.8 Å². The van der Waals surface area contributed by atoms with E-state index in [-0.39, 0.29) is 12.3 Å². The second-order valence-corrected chi connectivity index (χ2v) is 6.03. The van der Waals surface area contributed by atoms with Gasteiger partial charge in [0.05, 0.1) is 26.3 Å². The molecule has 0 aliphatic carbocycles. The zero-order chi connectivity index (χ0) is 17.6. The predicted octanol–water partition coefficient (Wildman–Crippen LogP) is 3.40. The molecule has 0 fully saturated rings. The van der Waals surface area contributed by atoms with Gasteiger partial charge >= 0.3 is 0 Å². The highest BCUT2D eigenvalue weighted by molar-refractivity contribution is 7.14. The zero-order valence-electron chi connectivity index (χ0n) is 13.9. The van der Waals surface area contributed by atoms with E-state index in [4.69, 9.17) is 9.47 Å². The Morgan fingerprint density at radius 3 is 2.68 bits per heavy atom. The van der Waals surface area contributed by atoms with Crippen LogP contribution in [0.2, 0.25) is 0 Å². The van der Waals surface area contributed by atoms with Crippen molar-refractivity contribution in [1.29, 1.82) is 0 Å². The number of nitrogens with one attached hydrogen (secondary N) is 1. The highest BCUT2D eigenvalue weighted by Crippen LogP contribution is 2.27. The molecule has 0 saturated carbocycles. The molecule has 0 aliphatic heterocycles. The number of anilines is 1. The number of rotatable bonds is 6. The predicted molar refractivity (Wildman–Crippen MR) is 97.2 cm³/mol. The molecule has 128 valence electrons. The maximum atomic E-state index is 12.3. The van der Waals surface area contributed by atoms with Gasteiger partial charge in [0.1, 0.15) is 11.5 Å². The molecular formula is C18H17N3O3S. The lowest BCUT2D eigenvalue weighted by atomic mass is 10.1. The molecule has 25 heavy (non-hydrogen) atoms. The molecule has 3 rings (SSSR count). The minimum atomic E-state index is -0.154. The Bertz CT molecular complexity index is 865. The van der Waals surface area contributed by atoms with Crippen LogP contribution in [0.5, 0.6) is 11.5 Å². The van der Waals surface area contributed by atoms with Gasteiger partial charge in [-0.05, 0) is 18.2 Å². The van der Waals surface area contributed by atoms with Gasteiger partial charge in [-0.15, -0.1) is 11.3 Å². The summed E-state index contributed by atoms with van der Waals surface area (Å²) in [5, 5.41) is 5.29. The van der Waals surface area contributed by atoms with E-state index in [2.05, 4.69) is 15.3 Å². The number of thiazole rings is 1. The SMILES string of the molecule is COc1ccc(CC(=O)Nc2nc(-c3ccncc3)cs2)c(OC)c1. The van der Waals surface area contributed by atoms with Gasteiger partial charge in [-0.1, -0.05) is 6.07 Å². The Hall–Kier alpha value is -2.93.